The summed E-state index contributed by atoms with van der Waals surface area (Å²) in [6.45, 7) is 5.25. The summed E-state index contributed by atoms with van der Waals surface area (Å²) in [6, 6.07) is 13.9. The lowest BCUT2D eigenvalue weighted by Gasteiger charge is -2.36. The van der Waals surface area contributed by atoms with E-state index in [0.29, 0.717) is 41.6 Å². The van der Waals surface area contributed by atoms with E-state index < -0.39 is 17.5 Å². The Morgan fingerprint density at radius 2 is 1.88 bits per heavy atom. The molecule has 13 heteroatoms. The van der Waals surface area contributed by atoms with Gasteiger partial charge in [-0.15, -0.1) is 0 Å². The Labute approximate surface area is 308 Å². The summed E-state index contributed by atoms with van der Waals surface area (Å²) in [4.78, 5) is 50.1. The number of carbonyl (C=O) groups is 3. The molecule has 0 bridgehead atoms. The fourth-order valence-corrected chi connectivity index (χ4v) is 8.05. The highest BCUT2D eigenvalue weighted by Crippen LogP contribution is 2.42. The number of methoxy groups -OCH3 is 1. The van der Waals surface area contributed by atoms with Gasteiger partial charge in [0.2, 0.25) is 11.8 Å². The third kappa shape index (κ3) is 6.95. The quantitative estimate of drug-likeness (QED) is 0.141. The smallest absolute Gasteiger partial charge is 0.270 e. The second kappa shape index (κ2) is 14.6. The standard InChI is InChI=1S/C39H48ClN7O5/c1-23(2)31(26-10-5-6-11-27(26)40)33(45-35(48)30-14-18-42-47(30)3)34-43-28-13-12-25(20-29(28)44-34)39(17-19-52-22-39)37(50)46-32(24-8-7-9-24)36(49)41-21-38(51-4)15-16-38/h5-6,10-14,18,20,23-24,31-33H,7-9,15-17,19,21-22H2,1-4H3,(H,41,49)(H,43,44)(H,45,48)(H,46,50)/t31-,32+,33-,39?/m0/s1. The number of fused-ring (bicyclic) bond motifs is 1. The molecule has 3 fully saturated rings. The van der Waals surface area contributed by atoms with Gasteiger partial charge in [0.1, 0.15) is 17.6 Å². The van der Waals surface area contributed by atoms with Crippen molar-refractivity contribution in [2.75, 3.05) is 26.9 Å². The second-order valence-corrected chi connectivity index (χ2v) is 15.5. The summed E-state index contributed by atoms with van der Waals surface area (Å²) >= 11 is 6.77. The van der Waals surface area contributed by atoms with Crippen LogP contribution in [0.2, 0.25) is 5.02 Å². The lowest BCUT2D eigenvalue weighted by Crippen LogP contribution is -2.58. The molecule has 1 aliphatic heterocycles. The van der Waals surface area contributed by atoms with Crippen LogP contribution in [0.5, 0.6) is 0 Å². The maximum Gasteiger partial charge on any atom is 0.270 e. The van der Waals surface area contributed by atoms with Gasteiger partial charge in [0.25, 0.3) is 5.91 Å². The number of rotatable bonds is 14. The van der Waals surface area contributed by atoms with Crippen LogP contribution in [0.25, 0.3) is 11.0 Å². The van der Waals surface area contributed by atoms with Gasteiger partial charge < -0.3 is 30.4 Å². The number of carbonyl (C=O) groups excluding carboxylic acids is 3. The lowest BCUT2D eigenvalue weighted by molar-refractivity contribution is -0.134. The molecule has 2 aromatic carbocycles. The van der Waals surface area contributed by atoms with Crippen LogP contribution < -0.4 is 16.0 Å². The molecule has 1 saturated heterocycles. The van der Waals surface area contributed by atoms with E-state index in [1.54, 1.807) is 26.4 Å². The minimum Gasteiger partial charge on any atom is -0.380 e. The number of nitrogens with one attached hydrogen (secondary N) is 4. The van der Waals surface area contributed by atoms with Crippen molar-refractivity contribution in [1.82, 2.24) is 35.7 Å². The number of aromatic nitrogens is 4. The first-order valence-corrected chi connectivity index (χ1v) is 18.7. The van der Waals surface area contributed by atoms with Gasteiger partial charge >= 0.3 is 0 Å². The number of amides is 3. The Bertz CT molecular complexity index is 1940. The number of imidazole rings is 1. The number of aromatic amines is 1. The van der Waals surface area contributed by atoms with Crippen LogP contribution in [0.4, 0.5) is 0 Å². The Morgan fingerprint density at radius 1 is 1.10 bits per heavy atom. The highest BCUT2D eigenvalue weighted by Gasteiger charge is 2.48. The van der Waals surface area contributed by atoms with Crippen LogP contribution in [0, 0.1) is 11.8 Å². The van der Waals surface area contributed by atoms with Gasteiger partial charge in [-0.25, -0.2) is 4.98 Å². The Hall–Kier alpha value is -4.26. The largest absolute Gasteiger partial charge is 0.380 e. The van der Waals surface area contributed by atoms with Crippen LogP contribution in [0.1, 0.15) is 91.8 Å². The number of hydrogen-bond acceptors (Lipinski definition) is 7. The highest BCUT2D eigenvalue weighted by molar-refractivity contribution is 6.31. The van der Waals surface area contributed by atoms with Gasteiger partial charge in [-0.05, 0) is 79.3 Å². The SMILES string of the molecule is COC1(CNC(=O)[C@H](NC(=O)C2(c3ccc4nc([C@@H](NC(=O)c5ccnn5C)[C@H](c5ccccc5Cl)C(C)C)[nH]c4c3)CCOC2)C2CCC2)CC1. The summed E-state index contributed by atoms with van der Waals surface area (Å²) in [6.07, 6.45) is 6.72. The Kier molecular flexibility index (Phi) is 10.2. The Balaban J connectivity index is 1.20. The molecule has 1 unspecified atom stereocenters. The molecule has 52 heavy (non-hydrogen) atoms. The monoisotopic (exact) mass is 729 g/mol. The highest BCUT2D eigenvalue weighted by atomic mass is 35.5. The minimum atomic E-state index is -0.989. The molecule has 0 spiro atoms. The zero-order chi connectivity index (χ0) is 36.6. The first-order chi connectivity index (χ1) is 25.0. The van der Waals surface area contributed by atoms with Crippen LogP contribution in [-0.2, 0) is 31.5 Å². The number of hydrogen-bond donors (Lipinski definition) is 4. The third-order valence-electron chi connectivity index (χ3n) is 11.5. The van der Waals surface area contributed by atoms with Gasteiger partial charge in [0, 0.05) is 44.4 Å². The van der Waals surface area contributed by atoms with Crippen LogP contribution >= 0.6 is 11.6 Å². The van der Waals surface area contributed by atoms with Crippen LogP contribution in [-0.4, -0.2) is 76.0 Å². The molecular weight excluding hydrogens is 682 g/mol. The van der Waals surface area contributed by atoms with E-state index >= 15 is 0 Å². The first-order valence-electron chi connectivity index (χ1n) is 18.3. The Morgan fingerprint density at radius 3 is 2.50 bits per heavy atom. The number of nitrogens with zero attached hydrogens (tertiary/aromatic N) is 3. The molecule has 2 aromatic heterocycles. The molecule has 276 valence electrons. The number of benzene rings is 2. The summed E-state index contributed by atoms with van der Waals surface area (Å²) in [5, 5.41) is 14.3. The zero-order valence-corrected chi connectivity index (χ0v) is 31.0. The number of aryl methyl sites for hydroxylation is 1. The van der Waals surface area contributed by atoms with E-state index in [-0.39, 0.29) is 47.7 Å². The summed E-state index contributed by atoms with van der Waals surface area (Å²) in [5.41, 5.74) is 2.22. The van der Waals surface area contributed by atoms with Crippen molar-refractivity contribution < 1.29 is 23.9 Å². The predicted molar refractivity (Wildman–Crippen MR) is 197 cm³/mol. The van der Waals surface area contributed by atoms with Crippen molar-refractivity contribution in [3.05, 3.63) is 82.4 Å². The van der Waals surface area contributed by atoms with E-state index in [9.17, 15) is 14.4 Å². The predicted octanol–water partition coefficient (Wildman–Crippen LogP) is 5.10. The maximum atomic E-state index is 14.4. The second-order valence-electron chi connectivity index (χ2n) is 15.1. The fourth-order valence-electron chi connectivity index (χ4n) is 7.79. The van der Waals surface area contributed by atoms with E-state index in [4.69, 9.17) is 26.1 Å². The van der Waals surface area contributed by atoms with Crippen molar-refractivity contribution in [2.24, 2.45) is 18.9 Å². The van der Waals surface area contributed by atoms with Crippen molar-refractivity contribution in [3.8, 4) is 0 Å². The molecule has 2 aliphatic carbocycles. The molecule has 12 nitrogen and oxygen atoms in total. The van der Waals surface area contributed by atoms with Gasteiger partial charge in [0.05, 0.1) is 34.7 Å². The van der Waals surface area contributed by atoms with Crippen molar-refractivity contribution >= 4 is 40.4 Å². The van der Waals surface area contributed by atoms with Gasteiger partial charge in [-0.2, -0.15) is 5.10 Å². The first kappa shape index (κ1) is 36.1. The van der Waals surface area contributed by atoms with E-state index in [0.717, 1.165) is 48.7 Å². The third-order valence-corrected chi connectivity index (χ3v) is 11.8. The van der Waals surface area contributed by atoms with Gasteiger partial charge in [0.15, 0.2) is 0 Å². The van der Waals surface area contributed by atoms with Gasteiger partial charge in [-0.1, -0.05) is 56.1 Å². The maximum absolute atomic E-state index is 14.4. The molecular formula is C39H48ClN7O5. The number of H-pyrrole nitrogens is 1. The van der Waals surface area contributed by atoms with E-state index in [1.165, 1.54) is 4.68 Å². The zero-order valence-electron chi connectivity index (χ0n) is 30.2. The molecule has 0 radical (unpaired) electrons. The van der Waals surface area contributed by atoms with Crippen molar-refractivity contribution in [3.63, 3.8) is 0 Å². The molecule has 3 amide bonds. The van der Waals surface area contributed by atoms with Gasteiger partial charge in [-0.3, -0.25) is 19.1 Å². The number of ether oxygens (including phenoxy) is 2. The van der Waals surface area contributed by atoms with Crippen LogP contribution in [0.15, 0.2) is 54.7 Å². The summed E-state index contributed by atoms with van der Waals surface area (Å²) < 4.78 is 13.0. The summed E-state index contributed by atoms with van der Waals surface area (Å²) in [5.74, 6) is -0.196. The average molecular weight is 730 g/mol. The summed E-state index contributed by atoms with van der Waals surface area (Å²) in [7, 11) is 3.40. The average Bonchev–Trinajstić information content (AvgIpc) is 3.42. The van der Waals surface area contributed by atoms with Crippen molar-refractivity contribution in [1.29, 1.82) is 0 Å². The molecule has 4 aromatic rings. The molecule has 3 aliphatic rings. The fraction of sp³-hybridized carbons (Fsp3) is 0.513. The van der Waals surface area contributed by atoms with E-state index in [1.807, 2.05) is 42.5 Å². The topological polar surface area (TPSA) is 152 Å². The molecule has 2 saturated carbocycles. The normalized spacial score (nSPS) is 21.3. The number of halogens is 1. The lowest BCUT2D eigenvalue weighted by atomic mass is 9.76. The molecule has 4 N–H and O–H groups in total. The van der Waals surface area contributed by atoms with E-state index in [2.05, 4.69) is 39.9 Å². The van der Waals surface area contributed by atoms with Crippen molar-refractivity contribution in [2.45, 2.75) is 81.4 Å². The molecule has 4 atom stereocenters. The minimum absolute atomic E-state index is 0.0632. The molecule has 3 heterocycles. The van der Waals surface area contributed by atoms with Crippen LogP contribution in [0.3, 0.4) is 0 Å². The molecule has 7 rings (SSSR count).